The van der Waals surface area contributed by atoms with Gasteiger partial charge in [-0.3, -0.25) is 14.4 Å². The monoisotopic (exact) mass is 655 g/mol. The maximum atomic E-state index is 13.9. The number of nitrogens with one attached hydrogen (secondary N) is 2. The van der Waals surface area contributed by atoms with Crippen LogP contribution in [0.3, 0.4) is 0 Å². The summed E-state index contributed by atoms with van der Waals surface area (Å²) in [4.78, 5) is 50.3. The third kappa shape index (κ3) is 7.29. The average Bonchev–Trinajstić information content (AvgIpc) is 3.62. The van der Waals surface area contributed by atoms with Gasteiger partial charge in [-0.05, 0) is 94.0 Å². The van der Waals surface area contributed by atoms with Gasteiger partial charge >= 0.3 is 0 Å². The SMILES string of the molecule is CN(C)CCCN(C)c1ccc2c(c1)-c1nc3cc(C(=O)NCCCN4CCCC4=O)ccc3n1[C@@H](Cc1ccc(Cl)cc1)C(=O)N2. The molecule has 1 aromatic heterocycles. The van der Waals surface area contributed by atoms with Gasteiger partial charge in [0.1, 0.15) is 11.9 Å². The highest BCUT2D eigenvalue weighted by Crippen LogP contribution is 2.39. The number of imidazole rings is 1. The lowest BCUT2D eigenvalue weighted by Gasteiger charge is -2.21. The number of hydrogen-bond acceptors (Lipinski definition) is 6. The number of amides is 3. The van der Waals surface area contributed by atoms with Crippen molar-refractivity contribution in [1.29, 1.82) is 0 Å². The minimum Gasteiger partial charge on any atom is -0.375 e. The number of likely N-dealkylation sites (tertiary alicyclic amines) is 1. The van der Waals surface area contributed by atoms with Gasteiger partial charge in [0.05, 0.1) is 16.7 Å². The number of halogens is 1. The Kier molecular flexibility index (Phi) is 9.79. The van der Waals surface area contributed by atoms with E-state index < -0.39 is 6.04 Å². The summed E-state index contributed by atoms with van der Waals surface area (Å²) >= 11 is 6.17. The molecule has 2 N–H and O–H groups in total. The molecular formula is C36H42ClN7O3. The Morgan fingerprint density at radius 1 is 1.02 bits per heavy atom. The van der Waals surface area contributed by atoms with Crippen molar-refractivity contribution in [2.24, 2.45) is 0 Å². The first-order valence-electron chi connectivity index (χ1n) is 16.3. The Morgan fingerprint density at radius 3 is 2.57 bits per heavy atom. The van der Waals surface area contributed by atoms with E-state index >= 15 is 0 Å². The second-order valence-corrected chi connectivity index (χ2v) is 13.2. The van der Waals surface area contributed by atoms with Crippen LogP contribution in [0.4, 0.5) is 11.4 Å². The Balaban J connectivity index is 1.32. The summed E-state index contributed by atoms with van der Waals surface area (Å²) in [6.45, 7) is 3.78. The van der Waals surface area contributed by atoms with Gasteiger partial charge in [0.25, 0.3) is 5.91 Å². The molecule has 0 radical (unpaired) electrons. The lowest BCUT2D eigenvalue weighted by Crippen LogP contribution is -2.30. The molecule has 10 nitrogen and oxygen atoms in total. The zero-order chi connectivity index (χ0) is 33.1. The van der Waals surface area contributed by atoms with Crippen molar-refractivity contribution in [3.8, 4) is 11.4 Å². The summed E-state index contributed by atoms with van der Waals surface area (Å²) in [6, 6.07) is 18.5. The molecule has 11 heteroatoms. The number of benzene rings is 3. The van der Waals surface area contributed by atoms with E-state index in [0.29, 0.717) is 60.0 Å². The number of carbonyl (C=O) groups is 3. The maximum absolute atomic E-state index is 13.9. The van der Waals surface area contributed by atoms with E-state index in [9.17, 15) is 14.4 Å². The lowest BCUT2D eigenvalue weighted by atomic mass is 10.0. The fraction of sp³-hybridized carbons (Fsp3) is 0.389. The topological polar surface area (TPSA) is 103 Å². The van der Waals surface area contributed by atoms with E-state index in [1.807, 2.05) is 51.9 Å². The largest absolute Gasteiger partial charge is 0.375 e. The highest BCUT2D eigenvalue weighted by molar-refractivity contribution is 6.30. The maximum Gasteiger partial charge on any atom is 0.251 e. The van der Waals surface area contributed by atoms with Gasteiger partial charge in [0.2, 0.25) is 11.8 Å². The number of anilines is 2. The molecule has 0 unspecified atom stereocenters. The van der Waals surface area contributed by atoms with Crippen LogP contribution in [0.1, 0.15) is 47.6 Å². The molecule has 1 atom stereocenters. The van der Waals surface area contributed by atoms with E-state index in [1.165, 1.54) is 0 Å². The minimum atomic E-state index is -0.585. The van der Waals surface area contributed by atoms with Crippen molar-refractivity contribution in [1.82, 2.24) is 24.7 Å². The first-order chi connectivity index (χ1) is 22.7. The van der Waals surface area contributed by atoms with Gasteiger partial charge in [-0.25, -0.2) is 4.98 Å². The van der Waals surface area contributed by atoms with Crippen LogP contribution >= 0.6 is 11.6 Å². The van der Waals surface area contributed by atoms with Crippen molar-refractivity contribution in [2.45, 2.75) is 38.1 Å². The highest BCUT2D eigenvalue weighted by Gasteiger charge is 2.32. The van der Waals surface area contributed by atoms with Gasteiger partial charge in [-0.15, -0.1) is 0 Å². The van der Waals surface area contributed by atoms with Crippen LogP contribution in [0.15, 0.2) is 60.7 Å². The van der Waals surface area contributed by atoms with Crippen molar-refractivity contribution in [3.05, 3.63) is 76.8 Å². The molecule has 0 bridgehead atoms. The quantitative estimate of drug-likeness (QED) is 0.203. The molecule has 0 saturated carbocycles. The van der Waals surface area contributed by atoms with E-state index in [2.05, 4.69) is 47.6 Å². The summed E-state index contributed by atoms with van der Waals surface area (Å²) in [7, 11) is 6.22. The Labute approximate surface area is 280 Å². The summed E-state index contributed by atoms with van der Waals surface area (Å²) in [5.74, 6) is 0.530. The third-order valence-electron chi connectivity index (χ3n) is 9.01. The number of hydrogen-bond donors (Lipinski definition) is 2. The first kappa shape index (κ1) is 32.5. The minimum absolute atomic E-state index is 0.135. The molecule has 47 heavy (non-hydrogen) atoms. The zero-order valence-corrected chi connectivity index (χ0v) is 28.0. The fourth-order valence-electron chi connectivity index (χ4n) is 6.44. The summed E-state index contributed by atoms with van der Waals surface area (Å²) < 4.78 is 2.01. The molecule has 4 aromatic rings. The van der Waals surface area contributed by atoms with Crippen LogP contribution < -0.4 is 15.5 Å². The van der Waals surface area contributed by atoms with E-state index in [4.69, 9.17) is 16.6 Å². The van der Waals surface area contributed by atoms with Gasteiger partial charge in [-0.2, -0.15) is 0 Å². The van der Waals surface area contributed by atoms with Crippen molar-refractivity contribution >= 4 is 51.7 Å². The van der Waals surface area contributed by atoms with Crippen LogP contribution in [-0.4, -0.2) is 90.9 Å². The van der Waals surface area contributed by atoms with E-state index in [-0.39, 0.29) is 17.7 Å². The zero-order valence-electron chi connectivity index (χ0n) is 27.3. The van der Waals surface area contributed by atoms with Crippen LogP contribution in [0, 0.1) is 0 Å². The standard InChI is InChI=1S/C36H42ClN7O3/c1-41(2)17-6-18-42(3)27-13-14-29-28(23-27)34-39-30-22-25(35(46)38-16-5-20-43-19-4-7-33(43)45)10-15-31(30)44(34)32(36(47)40-29)21-24-8-11-26(37)12-9-24/h8-15,22-23,32H,4-7,16-21H2,1-3H3,(H,38,46)(H,40,47)/t32-/m0/s1. The molecule has 6 rings (SSSR count). The second kappa shape index (κ2) is 14.1. The summed E-state index contributed by atoms with van der Waals surface area (Å²) in [5, 5.41) is 6.80. The Morgan fingerprint density at radius 2 is 1.83 bits per heavy atom. The highest BCUT2D eigenvalue weighted by atomic mass is 35.5. The molecular weight excluding hydrogens is 614 g/mol. The van der Waals surface area contributed by atoms with Crippen molar-refractivity contribution in [3.63, 3.8) is 0 Å². The van der Waals surface area contributed by atoms with Gasteiger partial charge in [0, 0.05) is 67.9 Å². The summed E-state index contributed by atoms with van der Waals surface area (Å²) in [6.07, 6.45) is 3.67. The van der Waals surface area contributed by atoms with Crippen LogP contribution in [0.2, 0.25) is 5.02 Å². The van der Waals surface area contributed by atoms with Crippen LogP contribution in [0.25, 0.3) is 22.4 Å². The van der Waals surface area contributed by atoms with Crippen molar-refractivity contribution in [2.75, 3.05) is 64.1 Å². The van der Waals surface area contributed by atoms with Crippen LogP contribution in [-0.2, 0) is 16.0 Å². The smallest absolute Gasteiger partial charge is 0.251 e. The predicted molar refractivity (Wildman–Crippen MR) is 187 cm³/mol. The van der Waals surface area contributed by atoms with Crippen LogP contribution in [0.5, 0.6) is 0 Å². The number of aromatic nitrogens is 2. The Bertz CT molecular complexity index is 1790. The number of rotatable bonds is 12. The average molecular weight is 656 g/mol. The molecule has 1 fully saturated rings. The number of fused-ring (bicyclic) bond motifs is 5. The van der Waals surface area contributed by atoms with Gasteiger partial charge in [-0.1, -0.05) is 23.7 Å². The van der Waals surface area contributed by atoms with Gasteiger partial charge < -0.3 is 29.9 Å². The predicted octanol–water partition coefficient (Wildman–Crippen LogP) is 5.22. The molecule has 2 aliphatic rings. The number of nitrogens with zero attached hydrogens (tertiary/aromatic N) is 5. The molecule has 3 aromatic carbocycles. The normalized spacial score (nSPS) is 15.9. The molecule has 246 valence electrons. The molecule has 2 aliphatic heterocycles. The first-order valence-corrected chi connectivity index (χ1v) is 16.7. The fourth-order valence-corrected chi connectivity index (χ4v) is 6.56. The Hall–Kier alpha value is -4.41. The van der Waals surface area contributed by atoms with Crippen molar-refractivity contribution < 1.29 is 14.4 Å². The second-order valence-electron chi connectivity index (χ2n) is 12.7. The lowest BCUT2D eigenvalue weighted by molar-refractivity contribution is -0.127. The molecule has 0 spiro atoms. The number of carbonyl (C=O) groups excluding carboxylic acids is 3. The van der Waals surface area contributed by atoms with E-state index in [1.54, 1.807) is 12.1 Å². The molecule has 3 amide bonds. The summed E-state index contributed by atoms with van der Waals surface area (Å²) in [5.41, 5.74) is 5.44. The van der Waals surface area contributed by atoms with E-state index in [0.717, 1.165) is 54.8 Å². The molecule has 0 aliphatic carbocycles. The molecule has 1 saturated heterocycles. The van der Waals surface area contributed by atoms with Gasteiger partial charge in [0.15, 0.2) is 0 Å². The third-order valence-corrected chi connectivity index (χ3v) is 9.26. The molecule has 3 heterocycles.